The first kappa shape index (κ1) is 25.5. The van der Waals surface area contributed by atoms with Crippen LogP contribution in [0.3, 0.4) is 0 Å². The summed E-state index contributed by atoms with van der Waals surface area (Å²) in [6.07, 6.45) is 0. The number of ketones is 1. The van der Waals surface area contributed by atoms with Crippen LogP contribution < -0.4 is 14.2 Å². The maximum Gasteiger partial charge on any atom is 0.295 e. The van der Waals surface area contributed by atoms with Gasteiger partial charge in [0.1, 0.15) is 11.5 Å². The van der Waals surface area contributed by atoms with E-state index in [1.807, 2.05) is 6.92 Å². The minimum Gasteiger partial charge on any atom is -0.507 e. The van der Waals surface area contributed by atoms with Crippen molar-refractivity contribution < 1.29 is 33.6 Å². The Morgan fingerprint density at radius 1 is 1.00 bits per heavy atom. The fourth-order valence-corrected chi connectivity index (χ4v) is 4.65. The fourth-order valence-electron chi connectivity index (χ4n) is 4.65. The van der Waals surface area contributed by atoms with Crippen molar-refractivity contribution in [3.8, 4) is 17.2 Å². The Labute approximate surface area is 210 Å². The third-order valence-corrected chi connectivity index (χ3v) is 6.47. The number of Topliss-reactive ketones (excluding diaryl/α,β-unsaturated/α-hetero) is 1. The van der Waals surface area contributed by atoms with E-state index in [2.05, 4.69) is 4.90 Å². The summed E-state index contributed by atoms with van der Waals surface area (Å²) in [5.41, 5.74) is 0.986. The van der Waals surface area contributed by atoms with Crippen molar-refractivity contribution in [1.82, 2.24) is 9.80 Å². The molecule has 192 valence electrons. The van der Waals surface area contributed by atoms with Crippen LogP contribution in [0.15, 0.2) is 48.0 Å². The quantitative estimate of drug-likeness (QED) is 0.322. The monoisotopic (exact) mass is 496 g/mol. The first-order valence-corrected chi connectivity index (χ1v) is 12.0. The molecule has 0 saturated carbocycles. The standard InChI is InChI=1S/C27H32N2O7/c1-4-36-21-10-9-18(17-22(21)34-3)24-23(25(30)19-7-5-6-8-20(19)33-2)26(31)27(32)29(24)12-11-28-13-15-35-16-14-28/h5-10,17,24,30H,4,11-16H2,1-3H3/b25-23+. The van der Waals surface area contributed by atoms with E-state index < -0.39 is 17.7 Å². The van der Waals surface area contributed by atoms with Crippen LogP contribution >= 0.6 is 0 Å². The van der Waals surface area contributed by atoms with Gasteiger partial charge in [0.05, 0.1) is 51.2 Å². The smallest absolute Gasteiger partial charge is 0.295 e. The second-order valence-electron chi connectivity index (χ2n) is 8.49. The van der Waals surface area contributed by atoms with E-state index >= 15 is 0 Å². The predicted octanol–water partition coefficient (Wildman–Crippen LogP) is 2.86. The zero-order chi connectivity index (χ0) is 25.7. The number of likely N-dealkylation sites (tertiary alicyclic amines) is 1. The Kier molecular flexibility index (Phi) is 8.12. The number of para-hydroxylation sites is 1. The number of hydrogen-bond donors (Lipinski definition) is 1. The Bertz CT molecular complexity index is 1140. The van der Waals surface area contributed by atoms with Gasteiger partial charge in [-0.2, -0.15) is 0 Å². The number of ether oxygens (including phenoxy) is 4. The third-order valence-electron chi connectivity index (χ3n) is 6.47. The van der Waals surface area contributed by atoms with E-state index in [0.29, 0.717) is 61.3 Å². The van der Waals surface area contributed by atoms with Crippen LogP contribution in [0.5, 0.6) is 17.2 Å². The molecule has 2 aromatic rings. The van der Waals surface area contributed by atoms with Gasteiger partial charge in [0.2, 0.25) is 0 Å². The molecule has 2 heterocycles. The maximum absolute atomic E-state index is 13.3. The van der Waals surface area contributed by atoms with E-state index in [0.717, 1.165) is 13.1 Å². The molecule has 0 aromatic heterocycles. The number of methoxy groups -OCH3 is 2. The van der Waals surface area contributed by atoms with Crippen LogP contribution in [-0.4, -0.2) is 86.8 Å². The Hall–Kier alpha value is -3.56. The Morgan fingerprint density at radius 3 is 2.42 bits per heavy atom. The molecule has 2 aliphatic heterocycles. The largest absolute Gasteiger partial charge is 0.507 e. The lowest BCUT2D eigenvalue weighted by molar-refractivity contribution is -0.140. The number of aliphatic hydroxyl groups is 1. The van der Waals surface area contributed by atoms with Crippen LogP contribution in [0.1, 0.15) is 24.1 Å². The van der Waals surface area contributed by atoms with E-state index in [-0.39, 0.29) is 11.3 Å². The zero-order valence-corrected chi connectivity index (χ0v) is 20.9. The number of benzene rings is 2. The molecule has 9 nitrogen and oxygen atoms in total. The van der Waals surface area contributed by atoms with E-state index in [1.54, 1.807) is 42.5 Å². The molecule has 0 spiro atoms. The fraction of sp³-hybridized carbons (Fsp3) is 0.407. The van der Waals surface area contributed by atoms with Gasteiger partial charge in [0.25, 0.3) is 11.7 Å². The molecule has 36 heavy (non-hydrogen) atoms. The molecule has 0 bridgehead atoms. The van der Waals surface area contributed by atoms with Gasteiger partial charge in [0, 0.05) is 26.2 Å². The molecule has 2 fully saturated rings. The molecule has 0 aliphatic carbocycles. The Balaban J connectivity index is 1.80. The number of carbonyl (C=O) groups is 2. The van der Waals surface area contributed by atoms with Crippen molar-refractivity contribution in [2.75, 3.05) is 60.2 Å². The first-order chi connectivity index (χ1) is 17.5. The summed E-state index contributed by atoms with van der Waals surface area (Å²) in [4.78, 5) is 30.4. The van der Waals surface area contributed by atoms with Crippen molar-refractivity contribution in [2.45, 2.75) is 13.0 Å². The van der Waals surface area contributed by atoms with Crippen LogP contribution in [0.25, 0.3) is 5.76 Å². The number of carbonyl (C=O) groups excluding carboxylic acids is 2. The predicted molar refractivity (Wildman–Crippen MR) is 133 cm³/mol. The number of rotatable bonds is 9. The van der Waals surface area contributed by atoms with Crippen LogP contribution in [0, 0.1) is 0 Å². The number of amides is 1. The first-order valence-electron chi connectivity index (χ1n) is 12.0. The molecule has 9 heteroatoms. The van der Waals surface area contributed by atoms with E-state index in [9.17, 15) is 14.7 Å². The summed E-state index contributed by atoms with van der Waals surface area (Å²) in [5, 5.41) is 11.4. The lowest BCUT2D eigenvalue weighted by Crippen LogP contribution is -2.42. The molecular formula is C27H32N2O7. The lowest BCUT2D eigenvalue weighted by atomic mass is 9.94. The van der Waals surface area contributed by atoms with Gasteiger partial charge in [-0.1, -0.05) is 18.2 Å². The summed E-state index contributed by atoms with van der Waals surface area (Å²) < 4.78 is 22.0. The van der Waals surface area contributed by atoms with Gasteiger partial charge < -0.3 is 29.0 Å². The second-order valence-corrected chi connectivity index (χ2v) is 8.49. The molecule has 0 radical (unpaired) electrons. The number of morpholine rings is 1. The minimum absolute atomic E-state index is 0.0118. The topological polar surface area (TPSA) is 97.8 Å². The highest BCUT2D eigenvalue weighted by Gasteiger charge is 2.46. The van der Waals surface area contributed by atoms with Gasteiger partial charge >= 0.3 is 0 Å². The Morgan fingerprint density at radius 2 is 1.72 bits per heavy atom. The summed E-state index contributed by atoms with van der Waals surface area (Å²) >= 11 is 0. The highest BCUT2D eigenvalue weighted by molar-refractivity contribution is 6.46. The van der Waals surface area contributed by atoms with Crippen LogP contribution in [-0.2, 0) is 14.3 Å². The average Bonchev–Trinajstić information content (AvgIpc) is 3.17. The van der Waals surface area contributed by atoms with Crippen molar-refractivity contribution in [3.63, 3.8) is 0 Å². The molecular weight excluding hydrogens is 464 g/mol. The SMILES string of the molecule is CCOc1ccc(C2/C(=C(\O)c3ccccc3OC)C(=O)C(=O)N2CCN2CCOCC2)cc1OC. The second kappa shape index (κ2) is 11.5. The highest BCUT2D eigenvalue weighted by Crippen LogP contribution is 2.43. The van der Waals surface area contributed by atoms with Gasteiger partial charge in [-0.3, -0.25) is 14.5 Å². The lowest BCUT2D eigenvalue weighted by Gasteiger charge is -2.31. The van der Waals surface area contributed by atoms with E-state index in [1.165, 1.54) is 19.1 Å². The molecule has 2 aliphatic rings. The van der Waals surface area contributed by atoms with Gasteiger partial charge in [-0.25, -0.2) is 0 Å². The molecule has 2 aromatic carbocycles. The molecule has 4 rings (SSSR count). The third kappa shape index (κ3) is 5.03. The van der Waals surface area contributed by atoms with E-state index in [4.69, 9.17) is 18.9 Å². The summed E-state index contributed by atoms with van der Waals surface area (Å²) in [6, 6.07) is 11.3. The number of hydrogen-bond acceptors (Lipinski definition) is 8. The minimum atomic E-state index is -0.805. The van der Waals surface area contributed by atoms with Crippen LogP contribution in [0.4, 0.5) is 0 Å². The van der Waals surface area contributed by atoms with Crippen molar-refractivity contribution in [1.29, 1.82) is 0 Å². The normalized spacial score (nSPS) is 20.0. The number of nitrogens with zero attached hydrogens (tertiary/aromatic N) is 2. The maximum atomic E-state index is 13.3. The van der Waals surface area contributed by atoms with Gasteiger partial charge in [-0.05, 0) is 36.8 Å². The molecule has 1 N–H and O–H groups in total. The zero-order valence-electron chi connectivity index (χ0n) is 20.9. The van der Waals surface area contributed by atoms with Crippen molar-refractivity contribution in [3.05, 3.63) is 59.2 Å². The summed E-state index contributed by atoms with van der Waals surface area (Å²) in [6.45, 7) is 6.00. The molecule has 2 saturated heterocycles. The molecule has 1 amide bonds. The number of aliphatic hydroxyl groups excluding tert-OH is 1. The van der Waals surface area contributed by atoms with Gasteiger partial charge in [-0.15, -0.1) is 0 Å². The average molecular weight is 497 g/mol. The van der Waals surface area contributed by atoms with Gasteiger partial charge in [0.15, 0.2) is 11.5 Å². The van der Waals surface area contributed by atoms with Crippen molar-refractivity contribution in [2.24, 2.45) is 0 Å². The molecule has 1 atom stereocenters. The molecule has 1 unspecified atom stereocenters. The highest BCUT2D eigenvalue weighted by atomic mass is 16.5. The summed E-state index contributed by atoms with van der Waals surface area (Å²) in [7, 11) is 3.02. The summed E-state index contributed by atoms with van der Waals surface area (Å²) in [5.74, 6) is -0.241. The van der Waals surface area contributed by atoms with Crippen molar-refractivity contribution >= 4 is 17.4 Å². The van der Waals surface area contributed by atoms with Crippen LogP contribution in [0.2, 0.25) is 0 Å².